The Morgan fingerprint density at radius 1 is 0.392 bits per heavy atom. The summed E-state index contributed by atoms with van der Waals surface area (Å²) in [7, 11) is 0. The summed E-state index contributed by atoms with van der Waals surface area (Å²) >= 11 is 0. The number of fused-ring (bicyclic) bond motifs is 2. The maximum Gasteiger partial charge on any atom is 4.00 e. The van der Waals surface area contributed by atoms with Crippen molar-refractivity contribution >= 4 is 32.9 Å². The van der Waals surface area contributed by atoms with E-state index < -0.39 is 0 Å². The van der Waals surface area contributed by atoms with Gasteiger partial charge in [-0.15, -0.1) is 35.6 Å². The van der Waals surface area contributed by atoms with Gasteiger partial charge in [-0.25, -0.2) is 0 Å². The van der Waals surface area contributed by atoms with Crippen LogP contribution in [-0.4, -0.2) is 9.97 Å². The largest absolute Gasteiger partial charge is 4.00 e. The van der Waals surface area contributed by atoms with Gasteiger partial charge in [0.25, 0.3) is 0 Å². The van der Waals surface area contributed by atoms with E-state index in [1.165, 1.54) is 10.8 Å². The van der Waals surface area contributed by atoms with Gasteiger partial charge in [-0.2, -0.15) is 49.2 Å². The Kier molecular flexibility index (Phi) is 13.6. The zero-order chi connectivity index (χ0) is 34.4. The summed E-state index contributed by atoms with van der Waals surface area (Å²) in [6.45, 7) is 8.46. The second-order valence-corrected chi connectivity index (χ2v) is 11.6. The minimum atomic E-state index is 0. The smallest absolute Gasteiger partial charge is 0.679 e. The predicted molar refractivity (Wildman–Crippen MR) is 211 cm³/mol. The van der Waals surface area contributed by atoms with Crippen LogP contribution in [-0.2, 0) is 39.3 Å². The summed E-state index contributed by atoms with van der Waals surface area (Å²) in [5.74, 6) is 0. The fourth-order valence-electron chi connectivity index (χ4n) is 5.58. The molecule has 0 N–H and O–H groups in total. The number of benzene rings is 6. The van der Waals surface area contributed by atoms with Gasteiger partial charge in [-0.1, -0.05) is 110 Å². The number of aromatic nitrogens is 2. The zero-order valence-corrected chi connectivity index (χ0v) is 30.9. The van der Waals surface area contributed by atoms with Crippen molar-refractivity contribution in [3.8, 4) is 11.1 Å². The van der Waals surface area contributed by atoms with E-state index in [9.17, 15) is 0 Å². The number of hydrogen-bond donors (Lipinski definition) is 0. The number of pyridine rings is 2. The first-order chi connectivity index (χ1) is 24.7. The number of rotatable bonds is 7. The summed E-state index contributed by atoms with van der Waals surface area (Å²) in [5.41, 5.74) is 8.09. The minimum Gasteiger partial charge on any atom is -0.679 e. The number of hydrogen-bond acceptors (Lipinski definition) is 2. The summed E-state index contributed by atoms with van der Waals surface area (Å²) in [5, 5.41) is 14.8. The molecule has 0 saturated carbocycles. The standard InChI is InChI=1S/C32H24N4.2C7H7.Zr/c1-3-13-27-23(9-1)15-17-29(35-21-25-11-5-7-19-33-25)31(27)32-28-14-4-2-10-24(28)16-18-30(32)36-22-26-12-6-8-20-34-26;2*1-7-5-3-2-4-6-7;/h1-20H,21-22H2;2*2-6H,1H2;/q-2;2*-1;+4. The molecule has 0 bridgehead atoms. The van der Waals surface area contributed by atoms with Crippen molar-refractivity contribution in [2.45, 2.75) is 13.1 Å². The van der Waals surface area contributed by atoms with E-state index >= 15 is 0 Å². The van der Waals surface area contributed by atoms with Crippen LogP contribution in [0.1, 0.15) is 22.5 Å². The van der Waals surface area contributed by atoms with Crippen LogP contribution in [0.2, 0.25) is 0 Å². The zero-order valence-electron chi connectivity index (χ0n) is 28.4. The number of nitrogens with zero attached hydrogens (tertiary/aromatic N) is 4. The van der Waals surface area contributed by atoms with Crippen LogP contribution < -0.4 is 0 Å². The Balaban J connectivity index is 0.000000280. The third-order valence-electron chi connectivity index (χ3n) is 8.02. The van der Waals surface area contributed by atoms with Crippen LogP contribution in [0.5, 0.6) is 0 Å². The first-order valence-electron chi connectivity index (χ1n) is 16.6. The van der Waals surface area contributed by atoms with Crippen molar-refractivity contribution in [1.82, 2.24) is 9.97 Å². The first kappa shape index (κ1) is 36.6. The Bertz CT molecular complexity index is 2060. The van der Waals surface area contributed by atoms with Crippen molar-refractivity contribution in [2.24, 2.45) is 0 Å². The Morgan fingerprint density at radius 2 is 0.765 bits per heavy atom. The molecule has 2 heterocycles. The molecule has 8 aromatic rings. The third kappa shape index (κ3) is 10.2. The molecule has 0 amide bonds. The van der Waals surface area contributed by atoms with E-state index in [0.717, 1.165) is 55.8 Å². The molecule has 0 aliphatic heterocycles. The molecule has 246 valence electrons. The quantitative estimate of drug-likeness (QED) is 0.153. The van der Waals surface area contributed by atoms with E-state index in [4.69, 9.17) is 10.6 Å². The van der Waals surface area contributed by atoms with Gasteiger partial charge in [-0.3, -0.25) is 9.97 Å². The van der Waals surface area contributed by atoms with Gasteiger partial charge in [0.1, 0.15) is 0 Å². The van der Waals surface area contributed by atoms with Gasteiger partial charge >= 0.3 is 26.2 Å². The van der Waals surface area contributed by atoms with Crippen LogP contribution in [0, 0.1) is 13.8 Å². The van der Waals surface area contributed by atoms with Crippen LogP contribution >= 0.6 is 0 Å². The molecule has 4 nitrogen and oxygen atoms in total. The molecule has 0 atom stereocenters. The summed E-state index contributed by atoms with van der Waals surface area (Å²) in [4.78, 5) is 8.94. The van der Waals surface area contributed by atoms with Crippen molar-refractivity contribution in [3.05, 3.63) is 229 Å². The maximum absolute atomic E-state index is 5.05. The van der Waals surface area contributed by atoms with Gasteiger partial charge in [0.15, 0.2) is 0 Å². The topological polar surface area (TPSA) is 54.0 Å². The maximum atomic E-state index is 5.05. The molecule has 0 saturated heterocycles. The van der Waals surface area contributed by atoms with E-state index in [-0.39, 0.29) is 26.2 Å². The molecule has 0 aliphatic carbocycles. The molecule has 6 aromatic carbocycles. The molecular weight excluding hydrogens is 700 g/mol. The molecule has 0 radical (unpaired) electrons. The van der Waals surface area contributed by atoms with E-state index in [1.54, 1.807) is 0 Å². The monoisotopic (exact) mass is 736 g/mol. The summed E-state index contributed by atoms with van der Waals surface area (Å²) in [6.07, 6.45) is 3.62. The van der Waals surface area contributed by atoms with Crippen molar-refractivity contribution in [2.75, 3.05) is 0 Å². The second kappa shape index (κ2) is 18.9. The Hall–Kier alpha value is -5.64. The summed E-state index contributed by atoms with van der Waals surface area (Å²) < 4.78 is 0. The van der Waals surface area contributed by atoms with Gasteiger partial charge in [0.05, 0.1) is 0 Å². The van der Waals surface area contributed by atoms with Crippen molar-refractivity contribution < 1.29 is 26.2 Å². The second-order valence-electron chi connectivity index (χ2n) is 11.6. The van der Waals surface area contributed by atoms with Crippen LogP contribution in [0.25, 0.3) is 43.3 Å². The molecule has 0 spiro atoms. The molecular formula is C46H38N4Zr. The molecule has 0 fully saturated rings. The normalized spacial score (nSPS) is 10.1. The minimum absolute atomic E-state index is 0. The molecule has 0 aliphatic rings. The van der Waals surface area contributed by atoms with E-state index in [0.29, 0.717) is 13.1 Å². The summed E-state index contributed by atoms with van der Waals surface area (Å²) in [6, 6.07) is 57.1. The van der Waals surface area contributed by atoms with Gasteiger partial charge in [-0.05, 0) is 56.9 Å². The van der Waals surface area contributed by atoms with Crippen LogP contribution in [0.3, 0.4) is 0 Å². The molecule has 8 rings (SSSR count). The third-order valence-corrected chi connectivity index (χ3v) is 8.02. The van der Waals surface area contributed by atoms with Crippen LogP contribution in [0.15, 0.2) is 182 Å². The van der Waals surface area contributed by atoms with Crippen molar-refractivity contribution in [1.29, 1.82) is 0 Å². The van der Waals surface area contributed by atoms with Gasteiger partial charge in [0.2, 0.25) is 0 Å². The van der Waals surface area contributed by atoms with E-state index in [2.05, 4.69) is 96.6 Å². The van der Waals surface area contributed by atoms with Gasteiger partial charge in [0, 0.05) is 23.8 Å². The molecule has 51 heavy (non-hydrogen) atoms. The Labute approximate surface area is 320 Å². The van der Waals surface area contributed by atoms with Gasteiger partial charge < -0.3 is 10.6 Å². The molecule has 5 heteroatoms. The average molecular weight is 738 g/mol. The van der Waals surface area contributed by atoms with E-state index in [1.807, 2.05) is 109 Å². The van der Waals surface area contributed by atoms with Crippen LogP contribution in [0.4, 0.5) is 11.4 Å². The van der Waals surface area contributed by atoms with Crippen molar-refractivity contribution in [3.63, 3.8) is 0 Å². The fraction of sp³-hybridized carbons (Fsp3) is 0.0435. The molecule has 2 aromatic heterocycles. The average Bonchev–Trinajstić information content (AvgIpc) is 3.18. The molecule has 0 unspecified atom stereocenters. The first-order valence-corrected chi connectivity index (χ1v) is 16.6. The predicted octanol–water partition coefficient (Wildman–Crippen LogP) is 12.6. The SMILES string of the molecule is [CH2-]c1ccccc1.[CH2-]c1ccccc1.[Zr+4].c1ccc(C[N-]c2ccc3ccccc3c2-c2c([N-]Cc3ccccn3)ccc3ccccc23)nc1. The fourth-order valence-corrected chi connectivity index (χ4v) is 5.58. The Morgan fingerprint density at radius 3 is 1.12 bits per heavy atom.